The molecule has 0 aromatic carbocycles. The number of hydrogen-bond acceptors (Lipinski definition) is 2. The summed E-state index contributed by atoms with van der Waals surface area (Å²) in [5, 5.41) is 10.1. The molecule has 4 aliphatic carbocycles. The Morgan fingerprint density at radius 3 is 2.54 bits per heavy atom. The number of ketones is 1. The van der Waals surface area contributed by atoms with Gasteiger partial charge in [0.2, 0.25) is 0 Å². The number of aliphatic hydroxyl groups is 1. The minimum atomic E-state index is -0.131. The first kappa shape index (κ1) is 16.8. The van der Waals surface area contributed by atoms with Crippen molar-refractivity contribution < 1.29 is 9.90 Å². The Morgan fingerprint density at radius 1 is 1.12 bits per heavy atom. The number of hydrogen-bond donors (Lipinski definition) is 1. The number of aliphatic hydroxyl groups excluding tert-OH is 1. The third-order valence-electron chi connectivity index (χ3n) is 8.68. The van der Waals surface area contributed by atoms with Gasteiger partial charge in [0.25, 0.3) is 0 Å². The molecule has 0 spiro atoms. The van der Waals surface area contributed by atoms with Crippen LogP contribution in [-0.2, 0) is 4.79 Å². The van der Waals surface area contributed by atoms with Gasteiger partial charge in [-0.25, -0.2) is 0 Å². The zero-order valence-electron chi connectivity index (χ0n) is 15.8. The van der Waals surface area contributed by atoms with Crippen LogP contribution in [-0.4, -0.2) is 17.0 Å². The van der Waals surface area contributed by atoms with Crippen molar-refractivity contribution in [3.05, 3.63) is 11.6 Å². The van der Waals surface area contributed by atoms with Crippen LogP contribution < -0.4 is 0 Å². The van der Waals surface area contributed by atoms with Gasteiger partial charge in [0.15, 0.2) is 0 Å². The number of carbonyl (C=O) groups excluding carboxylic acids is 1. The molecule has 134 valence electrons. The van der Waals surface area contributed by atoms with Crippen LogP contribution in [0, 0.1) is 40.4 Å². The fourth-order valence-electron chi connectivity index (χ4n) is 7.08. The van der Waals surface area contributed by atoms with E-state index in [4.69, 9.17) is 0 Å². The number of carbonyl (C=O) groups is 1. The van der Waals surface area contributed by atoms with Gasteiger partial charge in [-0.1, -0.05) is 39.3 Å². The lowest BCUT2D eigenvalue weighted by atomic mass is 9.48. The van der Waals surface area contributed by atoms with Crippen molar-refractivity contribution >= 4 is 5.78 Å². The predicted molar refractivity (Wildman–Crippen MR) is 96.4 cm³/mol. The fourth-order valence-corrected chi connectivity index (χ4v) is 7.08. The molecule has 4 aliphatic rings. The van der Waals surface area contributed by atoms with E-state index in [-0.39, 0.29) is 22.9 Å². The molecule has 3 saturated carbocycles. The molecule has 3 fully saturated rings. The molecule has 7 atom stereocenters. The van der Waals surface area contributed by atoms with E-state index in [0.29, 0.717) is 23.5 Å². The van der Waals surface area contributed by atoms with E-state index in [1.165, 1.54) is 12.0 Å². The maximum absolute atomic E-state index is 13.1. The summed E-state index contributed by atoms with van der Waals surface area (Å²) < 4.78 is 0. The summed E-state index contributed by atoms with van der Waals surface area (Å²) in [6, 6.07) is 0. The minimum Gasteiger partial charge on any atom is -0.393 e. The molecule has 0 radical (unpaired) electrons. The molecule has 0 unspecified atom stereocenters. The highest BCUT2D eigenvalue weighted by molar-refractivity contribution is 5.89. The third-order valence-corrected chi connectivity index (χ3v) is 8.68. The molecule has 0 aliphatic heterocycles. The van der Waals surface area contributed by atoms with E-state index in [2.05, 4.69) is 33.8 Å². The molecule has 1 N–H and O–H groups in total. The summed E-state index contributed by atoms with van der Waals surface area (Å²) >= 11 is 0. The van der Waals surface area contributed by atoms with Crippen molar-refractivity contribution in [2.75, 3.05) is 0 Å². The van der Waals surface area contributed by atoms with Crippen LogP contribution in [0.1, 0.15) is 72.6 Å². The molecule has 2 nitrogen and oxygen atoms in total. The second-order valence-corrected chi connectivity index (χ2v) is 10.1. The average molecular weight is 331 g/mol. The number of allylic oxidation sites excluding steroid dienone is 1. The van der Waals surface area contributed by atoms with Crippen LogP contribution >= 0.6 is 0 Å². The van der Waals surface area contributed by atoms with Crippen LogP contribution in [0.3, 0.4) is 0 Å². The molecular formula is C22H34O2. The summed E-state index contributed by atoms with van der Waals surface area (Å²) in [6.45, 7) is 9.19. The topological polar surface area (TPSA) is 37.3 Å². The van der Waals surface area contributed by atoms with Gasteiger partial charge in [-0.2, -0.15) is 0 Å². The van der Waals surface area contributed by atoms with Crippen LogP contribution in [0.25, 0.3) is 0 Å². The van der Waals surface area contributed by atoms with E-state index < -0.39 is 0 Å². The van der Waals surface area contributed by atoms with Gasteiger partial charge in [-0.15, -0.1) is 0 Å². The van der Waals surface area contributed by atoms with E-state index in [0.717, 1.165) is 44.4 Å². The van der Waals surface area contributed by atoms with Crippen LogP contribution in [0.4, 0.5) is 0 Å². The van der Waals surface area contributed by atoms with Crippen LogP contribution in [0.2, 0.25) is 0 Å². The molecule has 4 rings (SSSR count). The molecule has 0 saturated heterocycles. The van der Waals surface area contributed by atoms with Crippen LogP contribution in [0.5, 0.6) is 0 Å². The molecule has 0 bridgehead atoms. The van der Waals surface area contributed by atoms with Crippen molar-refractivity contribution in [3.8, 4) is 0 Å². The van der Waals surface area contributed by atoms with Gasteiger partial charge in [0.1, 0.15) is 5.78 Å². The van der Waals surface area contributed by atoms with Crippen molar-refractivity contribution in [1.82, 2.24) is 0 Å². The molecular weight excluding hydrogens is 296 g/mol. The quantitative estimate of drug-likeness (QED) is 0.704. The third kappa shape index (κ3) is 2.14. The first-order chi connectivity index (χ1) is 11.3. The Morgan fingerprint density at radius 2 is 1.83 bits per heavy atom. The SMILES string of the molecule is CC(C)[C@@H]1C[C@H]2[C@@H]3CC=C4C[C@@H](O)CC[C@]4(C)[C@H]3CC[C@]2(C)C1=O. The smallest absolute Gasteiger partial charge is 0.142 e. The first-order valence-corrected chi connectivity index (χ1v) is 10.2. The lowest BCUT2D eigenvalue weighted by Gasteiger charge is -2.56. The number of Topliss-reactive ketones (excluding diaryl/α,β-unsaturated/α-hetero) is 1. The number of rotatable bonds is 1. The zero-order valence-corrected chi connectivity index (χ0v) is 15.8. The van der Waals surface area contributed by atoms with Crippen molar-refractivity contribution in [2.45, 2.75) is 78.7 Å². The van der Waals surface area contributed by atoms with Crippen molar-refractivity contribution in [2.24, 2.45) is 40.4 Å². The second-order valence-electron chi connectivity index (χ2n) is 10.1. The van der Waals surface area contributed by atoms with E-state index >= 15 is 0 Å². The Labute approximate surface area is 147 Å². The second kappa shape index (κ2) is 5.43. The molecule has 0 aromatic heterocycles. The Hall–Kier alpha value is -0.630. The Kier molecular flexibility index (Phi) is 3.81. The standard InChI is InChI=1S/C22H34O2/c1-13(2)17-12-19-16-6-5-14-11-15(23)7-9-21(14,3)18(16)8-10-22(19,4)20(17)24/h5,13,15-19,23H,6-12H2,1-4H3/t15-,16+,17-,18-,19-,21-,22-/m0/s1. The lowest BCUT2D eigenvalue weighted by molar-refractivity contribution is -0.135. The monoisotopic (exact) mass is 330 g/mol. The summed E-state index contributed by atoms with van der Waals surface area (Å²) in [5.74, 6) is 3.32. The maximum atomic E-state index is 13.1. The predicted octanol–water partition coefficient (Wildman–Crippen LogP) is 4.76. The van der Waals surface area contributed by atoms with Crippen molar-refractivity contribution in [3.63, 3.8) is 0 Å². The highest BCUT2D eigenvalue weighted by Gasteiger charge is 2.61. The highest BCUT2D eigenvalue weighted by Crippen LogP contribution is 2.65. The highest BCUT2D eigenvalue weighted by atomic mass is 16.3. The van der Waals surface area contributed by atoms with Gasteiger partial charge >= 0.3 is 0 Å². The first-order valence-electron chi connectivity index (χ1n) is 10.2. The molecule has 0 aromatic rings. The van der Waals surface area contributed by atoms with E-state index in [1.807, 2.05) is 0 Å². The van der Waals surface area contributed by atoms with Gasteiger partial charge in [0.05, 0.1) is 6.10 Å². The molecule has 2 heteroatoms. The van der Waals surface area contributed by atoms with E-state index in [9.17, 15) is 9.90 Å². The summed E-state index contributed by atoms with van der Waals surface area (Å²) in [5.41, 5.74) is 1.74. The zero-order chi connectivity index (χ0) is 17.3. The van der Waals surface area contributed by atoms with Crippen LogP contribution in [0.15, 0.2) is 11.6 Å². The normalized spacial score (nSPS) is 51.0. The summed E-state index contributed by atoms with van der Waals surface area (Å²) in [4.78, 5) is 13.1. The summed E-state index contributed by atoms with van der Waals surface area (Å²) in [6.07, 6.45) is 9.85. The minimum absolute atomic E-state index is 0.0635. The average Bonchev–Trinajstić information content (AvgIpc) is 2.80. The number of fused-ring (bicyclic) bond motifs is 5. The van der Waals surface area contributed by atoms with Gasteiger partial charge in [-0.3, -0.25) is 4.79 Å². The Balaban J connectivity index is 1.68. The maximum Gasteiger partial charge on any atom is 0.142 e. The Bertz CT molecular complexity index is 577. The van der Waals surface area contributed by atoms with E-state index in [1.54, 1.807) is 0 Å². The molecule has 24 heavy (non-hydrogen) atoms. The fraction of sp³-hybridized carbons (Fsp3) is 0.864. The van der Waals surface area contributed by atoms with Gasteiger partial charge in [-0.05, 0) is 74.0 Å². The molecule has 0 heterocycles. The van der Waals surface area contributed by atoms with Gasteiger partial charge in [0, 0.05) is 11.3 Å². The summed E-state index contributed by atoms with van der Waals surface area (Å²) in [7, 11) is 0. The van der Waals surface area contributed by atoms with Crippen molar-refractivity contribution in [1.29, 1.82) is 0 Å². The lowest BCUT2D eigenvalue weighted by Crippen LogP contribution is -2.50. The largest absolute Gasteiger partial charge is 0.393 e. The molecule has 0 amide bonds. The van der Waals surface area contributed by atoms with Gasteiger partial charge < -0.3 is 5.11 Å².